The molecule has 1 aromatic rings. The molecule has 2 heterocycles. The van der Waals surface area contributed by atoms with Gasteiger partial charge in [-0.25, -0.2) is 23.2 Å². The fraction of sp³-hybridized carbons (Fsp3) is 0.600. The number of nitrogens with two attached hydrogens (primary N) is 1. The molecule has 0 bridgehead atoms. The molecule has 0 aliphatic carbocycles. The van der Waals surface area contributed by atoms with Crippen molar-refractivity contribution in [1.82, 2.24) is 14.9 Å². The lowest BCUT2D eigenvalue weighted by molar-refractivity contribution is -0.136. The van der Waals surface area contributed by atoms with Gasteiger partial charge in [0.1, 0.15) is 0 Å². The SMILES string of the molecule is CCCCN(C(=O)COC(=O)c1nccnc1N)C1CCS(=O)(=O)C1. The van der Waals surface area contributed by atoms with E-state index in [-0.39, 0.29) is 29.1 Å². The minimum absolute atomic E-state index is 0.0481. The molecule has 0 saturated carbocycles. The number of sulfone groups is 1. The van der Waals surface area contributed by atoms with Gasteiger partial charge >= 0.3 is 5.97 Å². The van der Waals surface area contributed by atoms with Crippen LogP contribution >= 0.6 is 0 Å². The molecule has 1 aromatic heterocycles. The zero-order valence-electron chi connectivity index (χ0n) is 14.1. The lowest BCUT2D eigenvalue weighted by atomic mass is 10.2. The first-order valence-electron chi connectivity index (χ1n) is 8.07. The van der Waals surface area contributed by atoms with Crippen LogP contribution in [0.5, 0.6) is 0 Å². The molecule has 1 atom stereocenters. The number of amides is 1. The van der Waals surface area contributed by atoms with Crippen molar-refractivity contribution in [2.75, 3.05) is 30.4 Å². The quantitative estimate of drug-likeness (QED) is 0.665. The summed E-state index contributed by atoms with van der Waals surface area (Å²) in [6.45, 7) is 1.92. The maximum atomic E-state index is 12.5. The first-order chi connectivity index (χ1) is 11.8. The summed E-state index contributed by atoms with van der Waals surface area (Å²) in [6.07, 6.45) is 4.64. The van der Waals surface area contributed by atoms with Crippen LogP contribution in [0.15, 0.2) is 12.4 Å². The number of nitrogens with zero attached hydrogens (tertiary/aromatic N) is 3. The molecule has 1 unspecified atom stereocenters. The van der Waals surface area contributed by atoms with Crippen molar-refractivity contribution in [2.45, 2.75) is 32.2 Å². The number of ether oxygens (including phenoxy) is 1. The Morgan fingerprint density at radius 1 is 1.36 bits per heavy atom. The van der Waals surface area contributed by atoms with E-state index < -0.39 is 28.3 Å². The lowest BCUT2D eigenvalue weighted by Crippen LogP contribution is -2.44. The van der Waals surface area contributed by atoms with Crippen molar-refractivity contribution in [1.29, 1.82) is 0 Å². The van der Waals surface area contributed by atoms with Gasteiger partial charge in [-0.2, -0.15) is 0 Å². The molecule has 1 saturated heterocycles. The monoisotopic (exact) mass is 370 g/mol. The average Bonchev–Trinajstić information content (AvgIpc) is 2.93. The van der Waals surface area contributed by atoms with E-state index in [1.165, 1.54) is 17.3 Å². The van der Waals surface area contributed by atoms with Crippen molar-refractivity contribution in [2.24, 2.45) is 0 Å². The van der Waals surface area contributed by atoms with E-state index >= 15 is 0 Å². The molecule has 25 heavy (non-hydrogen) atoms. The van der Waals surface area contributed by atoms with E-state index in [4.69, 9.17) is 10.5 Å². The molecule has 1 fully saturated rings. The van der Waals surface area contributed by atoms with Gasteiger partial charge in [0.25, 0.3) is 5.91 Å². The molecule has 2 rings (SSSR count). The summed E-state index contributed by atoms with van der Waals surface area (Å²) in [4.78, 5) is 33.4. The molecule has 10 heteroatoms. The third-order valence-electron chi connectivity index (χ3n) is 3.97. The fourth-order valence-electron chi connectivity index (χ4n) is 2.65. The number of rotatable bonds is 7. The third kappa shape index (κ3) is 5.12. The number of aromatic nitrogens is 2. The molecular weight excluding hydrogens is 348 g/mol. The van der Waals surface area contributed by atoms with Crippen molar-refractivity contribution in [3.05, 3.63) is 18.1 Å². The van der Waals surface area contributed by atoms with Crippen LogP contribution in [-0.2, 0) is 19.4 Å². The highest BCUT2D eigenvalue weighted by molar-refractivity contribution is 7.91. The zero-order chi connectivity index (χ0) is 18.4. The largest absolute Gasteiger partial charge is 0.451 e. The van der Waals surface area contributed by atoms with E-state index in [2.05, 4.69) is 9.97 Å². The molecule has 2 N–H and O–H groups in total. The van der Waals surface area contributed by atoms with Gasteiger partial charge in [0.2, 0.25) is 0 Å². The van der Waals surface area contributed by atoms with Crippen molar-refractivity contribution >= 4 is 27.5 Å². The summed E-state index contributed by atoms with van der Waals surface area (Å²) in [5.41, 5.74) is 5.39. The predicted octanol–water partition coefficient (Wildman–Crippen LogP) is 0.0314. The summed E-state index contributed by atoms with van der Waals surface area (Å²) in [5.74, 6) is -1.32. The predicted molar refractivity (Wildman–Crippen MR) is 90.4 cm³/mol. The summed E-state index contributed by atoms with van der Waals surface area (Å²) >= 11 is 0. The van der Waals surface area contributed by atoms with Crippen LogP contribution in [0.3, 0.4) is 0 Å². The van der Waals surface area contributed by atoms with Gasteiger partial charge in [0, 0.05) is 25.0 Å². The molecular formula is C15H22N4O5S. The summed E-state index contributed by atoms with van der Waals surface area (Å²) < 4.78 is 28.3. The Bertz CT molecular complexity index is 737. The second kappa shape index (κ2) is 8.24. The molecule has 1 aliphatic rings. The van der Waals surface area contributed by atoms with Gasteiger partial charge in [-0.3, -0.25) is 4.79 Å². The van der Waals surface area contributed by atoms with Crippen LogP contribution in [0, 0.1) is 0 Å². The number of esters is 1. The van der Waals surface area contributed by atoms with Gasteiger partial charge in [-0.15, -0.1) is 0 Å². The standard InChI is InChI=1S/C15H22N4O5S/c1-2-3-7-19(11-4-8-25(22,23)10-11)12(20)9-24-15(21)13-14(16)18-6-5-17-13/h5-6,11H,2-4,7-10H2,1H3,(H2,16,18). The molecule has 0 spiro atoms. The van der Waals surface area contributed by atoms with Crippen molar-refractivity contribution in [3.63, 3.8) is 0 Å². The topological polar surface area (TPSA) is 133 Å². The van der Waals surface area contributed by atoms with Crippen LogP contribution in [0.1, 0.15) is 36.7 Å². The van der Waals surface area contributed by atoms with Crippen LogP contribution in [0.2, 0.25) is 0 Å². The number of anilines is 1. The Morgan fingerprint density at radius 2 is 2.08 bits per heavy atom. The van der Waals surface area contributed by atoms with Crippen molar-refractivity contribution in [3.8, 4) is 0 Å². The Balaban J connectivity index is 1.99. The smallest absolute Gasteiger partial charge is 0.361 e. The maximum Gasteiger partial charge on any atom is 0.361 e. The number of hydrogen-bond donors (Lipinski definition) is 1. The van der Waals surface area contributed by atoms with Crippen molar-refractivity contribution < 1.29 is 22.7 Å². The number of hydrogen-bond acceptors (Lipinski definition) is 8. The maximum absolute atomic E-state index is 12.5. The van der Waals surface area contributed by atoms with Crippen LogP contribution in [0.25, 0.3) is 0 Å². The fourth-order valence-corrected chi connectivity index (χ4v) is 4.38. The van der Waals surface area contributed by atoms with Gasteiger partial charge in [-0.05, 0) is 12.8 Å². The number of carbonyl (C=O) groups excluding carboxylic acids is 2. The van der Waals surface area contributed by atoms with E-state index in [1.54, 1.807) is 0 Å². The van der Waals surface area contributed by atoms with E-state index in [0.29, 0.717) is 13.0 Å². The highest BCUT2D eigenvalue weighted by atomic mass is 32.2. The molecule has 138 valence electrons. The molecule has 1 amide bonds. The van der Waals surface area contributed by atoms with E-state index in [0.717, 1.165) is 12.8 Å². The third-order valence-corrected chi connectivity index (χ3v) is 5.72. The second-order valence-electron chi connectivity index (χ2n) is 5.86. The number of nitrogen functional groups attached to an aromatic ring is 1. The van der Waals surface area contributed by atoms with E-state index in [1.807, 2.05) is 6.92 Å². The van der Waals surface area contributed by atoms with Crippen LogP contribution in [-0.4, -0.2) is 65.9 Å². The number of unbranched alkanes of at least 4 members (excludes halogenated alkanes) is 1. The minimum Gasteiger partial charge on any atom is -0.451 e. The molecule has 0 radical (unpaired) electrons. The normalized spacial score (nSPS) is 18.7. The summed E-state index contributed by atoms with van der Waals surface area (Å²) in [7, 11) is -3.12. The molecule has 1 aliphatic heterocycles. The Hall–Kier alpha value is -2.23. The molecule has 9 nitrogen and oxygen atoms in total. The summed E-state index contributed by atoms with van der Waals surface area (Å²) in [6, 6.07) is -0.371. The highest BCUT2D eigenvalue weighted by Crippen LogP contribution is 2.19. The number of carbonyl (C=O) groups is 2. The lowest BCUT2D eigenvalue weighted by Gasteiger charge is -2.28. The van der Waals surface area contributed by atoms with Gasteiger partial charge < -0.3 is 15.4 Å². The Morgan fingerprint density at radius 3 is 2.68 bits per heavy atom. The summed E-state index contributed by atoms with van der Waals surface area (Å²) in [5, 5.41) is 0. The first kappa shape index (κ1) is 19.1. The first-order valence-corrected chi connectivity index (χ1v) is 9.89. The highest BCUT2D eigenvalue weighted by Gasteiger charge is 2.34. The van der Waals surface area contributed by atoms with Gasteiger partial charge in [0.15, 0.2) is 28.0 Å². The Kier molecular flexibility index (Phi) is 6.29. The van der Waals surface area contributed by atoms with Gasteiger partial charge in [0.05, 0.1) is 11.5 Å². The zero-order valence-corrected chi connectivity index (χ0v) is 14.9. The van der Waals surface area contributed by atoms with Crippen LogP contribution in [0.4, 0.5) is 5.82 Å². The minimum atomic E-state index is -3.12. The van der Waals surface area contributed by atoms with Crippen LogP contribution < -0.4 is 5.73 Å². The second-order valence-corrected chi connectivity index (χ2v) is 8.09. The molecule has 0 aromatic carbocycles. The van der Waals surface area contributed by atoms with E-state index in [9.17, 15) is 18.0 Å². The Labute approximate surface area is 146 Å². The average molecular weight is 370 g/mol. The van der Waals surface area contributed by atoms with Gasteiger partial charge in [-0.1, -0.05) is 13.3 Å².